The lowest BCUT2D eigenvalue weighted by atomic mass is 9.93. The summed E-state index contributed by atoms with van der Waals surface area (Å²) in [5.74, 6) is 0.289. The smallest absolute Gasteiger partial charge is 0.120 e. The van der Waals surface area contributed by atoms with Crippen molar-refractivity contribution in [3.05, 3.63) is 35.4 Å². The summed E-state index contributed by atoms with van der Waals surface area (Å²) in [6, 6.07) is 8.29. The third-order valence-corrected chi connectivity index (χ3v) is 3.14. The molecule has 1 unspecified atom stereocenters. The van der Waals surface area contributed by atoms with E-state index in [-0.39, 0.29) is 11.5 Å². The Bertz CT molecular complexity index is 338. The summed E-state index contributed by atoms with van der Waals surface area (Å²) >= 11 is 0. The first kappa shape index (κ1) is 12.9. The lowest BCUT2D eigenvalue weighted by Crippen LogP contribution is -2.19. The predicted octanol–water partition coefficient (Wildman–Crippen LogP) is 3.26. The Morgan fingerprint density at radius 2 is 1.88 bits per heavy atom. The van der Waals surface area contributed by atoms with Gasteiger partial charge in [-0.3, -0.25) is 0 Å². The van der Waals surface area contributed by atoms with E-state index in [2.05, 4.69) is 31.2 Å². The topological polar surface area (TPSA) is 26.3 Å². The highest BCUT2D eigenvalue weighted by molar-refractivity contribution is 5.51. The van der Waals surface area contributed by atoms with Crippen LogP contribution < -0.4 is 0 Å². The molecule has 0 fully saturated rings. The average Bonchev–Trinajstić information content (AvgIpc) is 2.29. The monoisotopic (exact) mass is 220 g/mol. The first-order valence-electron chi connectivity index (χ1n) is 5.60. The molecule has 0 aliphatic heterocycles. The van der Waals surface area contributed by atoms with Crippen molar-refractivity contribution >= 4 is 6.29 Å². The van der Waals surface area contributed by atoms with Gasteiger partial charge in [-0.2, -0.15) is 0 Å². The molecule has 2 nitrogen and oxygen atoms in total. The SMILES string of the molecule is COC(C)(C)c1ccc(C(C)CC=O)cc1. The summed E-state index contributed by atoms with van der Waals surface area (Å²) in [6.45, 7) is 6.14. The van der Waals surface area contributed by atoms with Crippen molar-refractivity contribution in [2.75, 3.05) is 7.11 Å². The van der Waals surface area contributed by atoms with Crippen molar-refractivity contribution in [2.45, 2.75) is 38.7 Å². The Balaban J connectivity index is 2.86. The molecule has 1 aromatic rings. The number of benzene rings is 1. The maximum absolute atomic E-state index is 10.4. The molecule has 88 valence electrons. The van der Waals surface area contributed by atoms with Gasteiger partial charge in [0.1, 0.15) is 6.29 Å². The fourth-order valence-electron chi connectivity index (χ4n) is 1.61. The van der Waals surface area contributed by atoms with Crippen LogP contribution in [0.25, 0.3) is 0 Å². The molecule has 1 aromatic carbocycles. The molecular formula is C14H20O2. The summed E-state index contributed by atoms with van der Waals surface area (Å²) in [7, 11) is 1.71. The standard InChI is InChI=1S/C14H20O2/c1-11(9-10-15)12-5-7-13(8-6-12)14(2,3)16-4/h5-8,10-11H,9H2,1-4H3. The molecule has 0 aromatic heterocycles. The van der Waals surface area contributed by atoms with E-state index >= 15 is 0 Å². The number of hydrogen-bond acceptors (Lipinski definition) is 2. The second-order valence-corrected chi connectivity index (χ2v) is 4.64. The van der Waals surface area contributed by atoms with E-state index in [1.54, 1.807) is 7.11 Å². The van der Waals surface area contributed by atoms with E-state index < -0.39 is 0 Å². The van der Waals surface area contributed by atoms with Gasteiger partial charge in [0.2, 0.25) is 0 Å². The molecule has 2 heteroatoms. The highest BCUT2D eigenvalue weighted by atomic mass is 16.5. The highest BCUT2D eigenvalue weighted by Gasteiger charge is 2.19. The Kier molecular flexibility index (Phi) is 4.25. The van der Waals surface area contributed by atoms with Crippen LogP contribution in [0.4, 0.5) is 0 Å². The Morgan fingerprint density at radius 1 is 1.31 bits per heavy atom. The molecule has 0 saturated heterocycles. The minimum Gasteiger partial charge on any atom is -0.374 e. The second-order valence-electron chi connectivity index (χ2n) is 4.64. The van der Waals surface area contributed by atoms with Crippen LogP contribution in [0.1, 0.15) is 44.2 Å². The quantitative estimate of drug-likeness (QED) is 0.712. The molecule has 0 heterocycles. The predicted molar refractivity (Wildman–Crippen MR) is 65.6 cm³/mol. The van der Waals surface area contributed by atoms with Crippen LogP contribution in [0.15, 0.2) is 24.3 Å². The van der Waals surface area contributed by atoms with E-state index in [1.165, 1.54) is 5.56 Å². The van der Waals surface area contributed by atoms with Crippen LogP contribution in [-0.2, 0) is 15.1 Å². The lowest BCUT2D eigenvalue weighted by molar-refractivity contribution is -0.108. The van der Waals surface area contributed by atoms with Crippen molar-refractivity contribution < 1.29 is 9.53 Å². The number of aldehydes is 1. The molecule has 0 bridgehead atoms. The van der Waals surface area contributed by atoms with Crippen LogP contribution in [-0.4, -0.2) is 13.4 Å². The molecule has 0 amide bonds. The molecule has 1 rings (SSSR count). The Labute approximate surface area is 97.6 Å². The van der Waals surface area contributed by atoms with Crippen molar-refractivity contribution in [2.24, 2.45) is 0 Å². The average molecular weight is 220 g/mol. The largest absolute Gasteiger partial charge is 0.374 e. The van der Waals surface area contributed by atoms with Crippen molar-refractivity contribution in [1.82, 2.24) is 0 Å². The maximum atomic E-state index is 10.4. The minimum absolute atomic E-state index is 0.258. The first-order chi connectivity index (χ1) is 7.51. The number of rotatable bonds is 5. The fraction of sp³-hybridized carbons (Fsp3) is 0.500. The Hall–Kier alpha value is -1.15. The van der Waals surface area contributed by atoms with Crippen LogP contribution in [0.2, 0.25) is 0 Å². The summed E-state index contributed by atoms with van der Waals surface area (Å²) < 4.78 is 5.42. The van der Waals surface area contributed by atoms with Gasteiger partial charge in [0.25, 0.3) is 0 Å². The van der Waals surface area contributed by atoms with E-state index in [4.69, 9.17) is 4.74 Å². The highest BCUT2D eigenvalue weighted by Crippen LogP contribution is 2.26. The van der Waals surface area contributed by atoms with Gasteiger partial charge in [-0.05, 0) is 30.9 Å². The number of carbonyl (C=O) groups is 1. The summed E-state index contributed by atoms with van der Waals surface area (Å²) in [4.78, 5) is 10.4. The molecular weight excluding hydrogens is 200 g/mol. The molecule has 0 radical (unpaired) electrons. The molecule has 1 atom stereocenters. The molecule has 0 aliphatic carbocycles. The zero-order valence-corrected chi connectivity index (χ0v) is 10.5. The number of carbonyl (C=O) groups excluding carboxylic acids is 1. The normalized spacial score (nSPS) is 13.5. The van der Waals surface area contributed by atoms with E-state index in [0.29, 0.717) is 6.42 Å². The number of hydrogen-bond donors (Lipinski definition) is 0. The zero-order chi connectivity index (χ0) is 12.2. The summed E-state index contributed by atoms with van der Waals surface area (Å²) in [5, 5.41) is 0. The van der Waals surface area contributed by atoms with Gasteiger partial charge in [0.15, 0.2) is 0 Å². The van der Waals surface area contributed by atoms with Gasteiger partial charge in [0.05, 0.1) is 5.60 Å². The molecule has 0 N–H and O–H groups in total. The fourth-order valence-corrected chi connectivity index (χ4v) is 1.61. The summed E-state index contributed by atoms with van der Waals surface area (Å²) in [5.41, 5.74) is 2.09. The number of ether oxygens (including phenoxy) is 1. The van der Waals surface area contributed by atoms with Crippen molar-refractivity contribution in [3.63, 3.8) is 0 Å². The van der Waals surface area contributed by atoms with Gasteiger partial charge in [0, 0.05) is 13.5 Å². The molecule has 0 saturated carbocycles. The number of methoxy groups -OCH3 is 1. The van der Waals surface area contributed by atoms with Crippen LogP contribution in [0, 0.1) is 0 Å². The summed E-state index contributed by atoms with van der Waals surface area (Å²) in [6.07, 6.45) is 1.55. The van der Waals surface area contributed by atoms with Gasteiger partial charge in [-0.1, -0.05) is 31.2 Å². The third-order valence-electron chi connectivity index (χ3n) is 3.14. The van der Waals surface area contributed by atoms with Crippen LogP contribution in [0.3, 0.4) is 0 Å². The molecule has 16 heavy (non-hydrogen) atoms. The van der Waals surface area contributed by atoms with Crippen LogP contribution >= 0.6 is 0 Å². The first-order valence-corrected chi connectivity index (χ1v) is 5.60. The van der Waals surface area contributed by atoms with Crippen molar-refractivity contribution in [1.29, 1.82) is 0 Å². The van der Waals surface area contributed by atoms with E-state index in [9.17, 15) is 4.79 Å². The van der Waals surface area contributed by atoms with E-state index in [1.807, 2.05) is 13.8 Å². The molecule has 0 aliphatic rings. The molecule has 0 spiro atoms. The third kappa shape index (κ3) is 2.92. The lowest BCUT2D eigenvalue weighted by Gasteiger charge is -2.24. The minimum atomic E-state index is -0.258. The van der Waals surface area contributed by atoms with Gasteiger partial charge in [-0.25, -0.2) is 0 Å². The van der Waals surface area contributed by atoms with Crippen molar-refractivity contribution in [3.8, 4) is 0 Å². The van der Waals surface area contributed by atoms with Gasteiger partial charge in [-0.15, -0.1) is 0 Å². The van der Waals surface area contributed by atoms with E-state index in [0.717, 1.165) is 11.8 Å². The van der Waals surface area contributed by atoms with Gasteiger partial charge < -0.3 is 9.53 Å². The second kappa shape index (κ2) is 5.26. The zero-order valence-electron chi connectivity index (χ0n) is 10.5. The Morgan fingerprint density at radius 3 is 2.31 bits per heavy atom. The van der Waals surface area contributed by atoms with Gasteiger partial charge >= 0.3 is 0 Å². The van der Waals surface area contributed by atoms with Crippen LogP contribution in [0.5, 0.6) is 0 Å². The maximum Gasteiger partial charge on any atom is 0.120 e.